The Hall–Kier alpha value is -1.67. The number of benzene rings is 1. The summed E-state index contributed by atoms with van der Waals surface area (Å²) in [5, 5.41) is -0.451. The summed E-state index contributed by atoms with van der Waals surface area (Å²) < 4.78 is 0. The third kappa shape index (κ3) is 2.22. The normalized spacial score (nSPS) is 9.93. The first-order chi connectivity index (χ1) is 7.27. The number of rotatable bonds is 2. The van der Waals surface area contributed by atoms with Gasteiger partial charge in [-0.25, -0.2) is 0 Å². The van der Waals surface area contributed by atoms with Gasteiger partial charge in [0.05, 0.1) is 5.69 Å². The Morgan fingerprint density at radius 1 is 1.13 bits per heavy atom. The average molecular weight is 218 g/mol. The highest BCUT2D eigenvalue weighted by Gasteiger charge is 2.03. The second kappa shape index (κ2) is 4.24. The second-order valence-corrected chi connectivity index (χ2v) is 3.41. The van der Waals surface area contributed by atoms with Gasteiger partial charge >= 0.3 is 0 Å². The van der Waals surface area contributed by atoms with Crippen LogP contribution in [0.5, 0.6) is 0 Å². The summed E-state index contributed by atoms with van der Waals surface area (Å²) in [5.41, 5.74) is 2.21. The van der Waals surface area contributed by atoms with Crippen LogP contribution in [0.25, 0.3) is 11.3 Å². The molecule has 0 amide bonds. The van der Waals surface area contributed by atoms with Crippen molar-refractivity contribution in [3.05, 3.63) is 54.2 Å². The number of halogens is 1. The Kier molecular flexibility index (Phi) is 2.79. The smallest absolute Gasteiger partial charge is 0.252 e. The van der Waals surface area contributed by atoms with Gasteiger partial charge in [-0.15, -0.1) is 0 Å². The molecular formula is C12H8ClNO. The largest absolute Gasteiger partial charge is 0.276 e. The third-order valence-corrected chi connectivity index (χ3v) is 2.27. The van der Waals surface area contributed by atoms with Crippen LogP contribution in [0.2, 0.25) is 0 Å². The Morgan fingerprint density at radius 2 is 2.00 bits per heavy atom. The SMILES string of the molecule is O=C(Cl)c1cccc(-c2ccccn2)c1. The van der Waals surface area contributed by atoms with Crippen molar-refractivity contribution < 1.29 is 4.79 Å². The molecule has 0 radical (unpaired) electrons. The zero-order chi connectivity index (χ0) is 10.7. The van der Waals surface area contributed by atoms with Crippen LogP contribution in [-0.4, -0.2) is 10.2 Å². The van der Waals surface area contributed by atoms with Crippen molar-refractivity contribution >= 4 is 16.8 Å². The topological polar surface area (TPSA) is 30.0 Å². The van der Waals surface area contributed by atoms with Gasteiger partial charge in [0.25, 0.3) is 5.24 Å². The summed E-state index contributed by atoms with van der Waals surface area (Å²) in [6, 6.07) is 12.7. The van der Waals surface area contributed by atoms with Crippen LogP contribution < -0.4 is 0 Å². The fourth-order valence-corrected chi connectivity index (χ4v) is 1.45. The van der Waals surface area contributed by atoms with E-state index in [1.54, 1.807) is 24.4 Å². The van der Waals surface area contributed by atoms with Crippen LogP contribution >= 0.6 is 11.6 Å². The fraction of sp³-hybridized carbons (Fsp3) is 0. The predicted molar refractivity (Wildman–Crippen MR) is 59.9 cm³/mol. The quantitative estimate of drug-likeness (QED) is 0.724. The Balaban J connectivity index is 2.46. The minimum Gasteiger partial charge on any atom is -0.276 e. The standard InChI is InChI=1S/C12H8ClNO/c13-12(15)10-5-3-4-9(8-10)11-6-1-2-7-14-11/h1-8H. The molecule has 0 unspecified atom stereocenters. The molecule has 0 atom stereocenters. The summed E-state index contributed by atoms with van der Waals surface area (Å²) in [5.74, 6) is 0. The molecule has 1 heterocycles. The van der Waals surface area contributed by atoms with Crippen molar-refractivity contribution in [2.75, 3.05) is 0 Å². The lowest BCUT2D eigenvalue weighted by Crippen LogP contribution is -1.89. The monoisotopic (exact) mass is 217 g/mol. The van der Waals surface area contributed by atoms with Gasteiger partial charge < -0.3 is 0 Å². The molecule has 0 bridgehead atoms. The average Bonchev–Trinajstić information content (AvgIpc) is 2.30. The second-order valence-electron chi connectivity index (χ2n) is 3.07. The van der Waals surface area contributed by atoms with E-state index in [9.17, 15) is 4.79 Å². The molecule has 0 fully saturated rings. The van der Waals surface area contributed by atoms with Crippen molar-refractivity contribution in [1.82, 2.24) is 4.98 Å². The lowest BCUT2D eigenvalue weighted by molar-refractivity contribution is 0.108. The van der Waals surface area contributed by atoms with Crippen molar-refractivity contribution in [1.29, 1.82) is 0 Å². The summed E-state index contributed by atoms with van der Waals surface area (Å²) in [4.78, 5) is 15.2. The maximum atomic E-state index is 11.0. The van der Waals surface area contributed by atoms with E-state index < -0.39 is 5.24 Å². The molecule has 2 nitrogen and oxygen atoms in total. The lowest BCUT2D eigenvalue weighted by Gasteiger charge is -2.01. The Labute approximate surface area is 92.5 Å². The highest BCUT2D eigenvalue weighted by molar-refractivity contribution is 6.67. The van der Waals surface area contributed by atoms with Gasteiger partial charge in [-0.2, -0.15) is 0 Å². The maximum Gasteiger partial charge on any atom is 0.252 e. The molecule has 2 rings (SSSR count). The van der Waals surface area contributed by atoms with E-state index in [-0.39, 0.29) is 0 Å². The summed E-state index contributed by atoms with van der Waals surface area (Å²) >= 11 is 5.40. The Bertz CT molecular complexity index is 482. The van der Waals surface area contributed by atoms with E-state index in [1.807, 2.05) is 24.3 Å². The maximum absolute atomic E-state index is 11.0. The van der Waals surface area contributed by atoms with Crippen LogP contribution in [0, 0.1) is 0 Å². The van der Waals surface area contributed by atoms with Crippen LogP contribution in [-0.2, 0) is 0 Å². The minimum absolute atomic E-state index is 0.451. The molecule has 3 heteroatoms. The van der Waals surface area contributed by atoms with Gasteiger partial charge in [-0.05, 0) is 29.8 Å². The summed E-state index contributed by atoms with van der Waals surface area (Å²) in [6.07, 6.45) is 1.71. The van der Waals surface area contributed by atoms with Gasteiger partial charge in [0.1, 0.15) is 0 Å². The zero-order valence-corrected chi connectivity index (χ0v) is 8.61. The van der Waals surface area contributed by atoms with Gasteiger partial charge in [-0.3, -0.25) is 9.78 Å². The van der Waals surface area contributed by atoms with E-state index in [0.717, 1.165) is 11.3 Å². The third-order valence-electron chi connectivity index (χ3n) is 2.05. The number of carbonyl (C=O) groups excluding carboxylic acids is 1. The number of hydrogen-bond acceptors (Lipinski definition) is 2. The molecule has 1 aromatic carbocycles. The van der Waals surface area contributed by atoms with Gasteiger partial charge in [0.15, 0.2) is 0 Å². The van der Waals surface area contributed by atoms with E-state index >= 15 is 0 Å². The number of hydrogen-bond donors (Lipinski definition) is 0. The summed E-state index contributed by atoms with van der Waals surface area (Å²) in [6.45, 7) is 0. The Morgan fingerprint density at radius 3 is 2.67 bits per heavy atom. The molecule has 2 aromatic rings. The number of pyridine rings is 1. The molecule has 0 saturated heterocycles. The van der Waals surface area contributed by atoms with Gasteiger partial charge in [-0.1, -0.05) is 24.3 Å². The van der Waals surface area contributed by atoms with Crippen LogP contribution in [0.3, 0.4) is 0 Å². The molecule has 1 aromatic heterocycles. The zero-order valence-electron chi connectivity index (χ0n) is 7.85. The van der Waals surface area contributed by atoms with Crippen molar-refractivity contribution in [2.45, 2.75) is 0 Å². The van der Waals surface area contributed by atoms with Crippen molar-refractivity contribution in [3.63, 3.8) is 0 Å². The molecule has 15 heavy (non-hydrogen) atoms. The number of aromatic nitrogens is 1. The van der Waals surface area contributed by atoms with Gasteiger partial charge in [0.2, 0.25) is 0 Å². The molecular weight excluding hydrogens is 210 g/mol. The van der Waals surface area contributed by atoms with Gasteiger partial charge in [0, 0.05) is 17.3 Å². The molecule has 0 saturated carbocycles. The molecule has 0 aliphatic carbocycles. The minimum atomic E-state index is -0.451. The summed E-state index contributed by atoms with van der Waals surface area (Å²) in [7, 11) is 0. The first kappa shape index (κ1) is 9.87. The first-order valence-corrected chi connectivity index (χ1v) is 4.86. The molecule has 0 aliphatic heterocycles. The van der Waals surface area contributed by atoms with Crippen LogP contribution in [0.15, 0.2) is 48.7 Å². The first-order valence-electron chi connectivity index (χ1n) is 4.48. The highest BCUT2D eigenvalue weighted by atomic mass is 35.5. The number of nitrogens with zero attached hydrogens (tertiary/aromatic N) is 1. The lowest BCUT2D eigenvalue weighted by atomic mass is 10.1. The van der Waals surface area contributed by atoms with Crippen molar-refractivity contribution in [2.24, 2.45) is 0 Å². The van der Waals surface area contributed by atoms with E-state index in [4.69, 9.17) is 11.6 Å². The van der Waals surface area contributed by atoms with Crippen molar-refractivity contribution in [3.8, 4) is 11.3 Å². The predicted octanol–water partition coefficient (Wildman–Crippen LogP) is 3.13. The molecule has 0 spiro atoms. The molecule has 0 N–H and O–H groups in total. The molecule has 0 aliphatic rings. The molecule has 74 valence electrons. The van der Waals surface area contributed by atoms with E-state index in [1.165, 1.54) is 0 Å². The van der Waals surface area contributed by atoms with Crippen LogP contribution in [0.1, 0.15) is 10.4 Å². The number of carbonyl (C=O) groups is 1. The fourth-order valence-electron chi connectivity index (χ4n) is 1.33. The van der Waals surface area contributed by atoms with Crippen LogP contribution in [0.4, 0.5) is 0 Å². The van der Waals surface area contributed by atoms with E-state index in [0.29, 0.717) is 5.56 Å². The highest BCUT2D eigenvalue weighted by Crippen LogP contribution is 2.18. The van der Waals surface area contributed by atoms with E-state index in [2.05, 4.69) is 4.98 Å².